The predicted octanol–water partition coefficient (Wildman–Crippen LogP) is 3.41. The van der Waals surface area contributed by atoms with Gasteiger partial charge in [0.25, 0.3) is 0 Å². The summed E-state index contributed by atoms with van der Waals surface area (Å²) in [5, 5.41) is 9.70. The molecule has 0 radical (unpaired) electrons. The Labute approximate surface area is 141 Å². The molecule has 0 saturated carbocycles. The van der Waals surface area contributed by atoms with Gasteiger partial charge in [-0.2, -0.15) is 5.26 Å². The maximum atomic E-state index is 12.6. The second-order valence-corrected chi connectivity index (χ2v) is 6.08. The first-order chi connectivity index (χ1) is 11.6. The molecule has 0 aromatic heterocycles. The van der Waals surface area contributed by atoms with E-state index >= 15 is 0 Å². The minimum Gasteiger partial charge on any atom is -0.497 e. The number of ketones is 1. The quantitative estimate of drug-likeness (QED) is 0.854. The molecule has 0 N–H and O–H groups in total. The van der Waals surface area contributed by atoms with Crippen LogP contribution in [-0.2, 0) is 4.79 Å². The lowest BCUT2D eigenvalue weighted by molar-refractivity contribution is -0.116. The van der Waals surface area contributed by atoms with Crippen molar-refractivity contribution in [2.75, 3.05) is 14.2 Å². The summed E-state index contributed by atoms with van der Waals surface area (Å²) in [7, 11) is 3.18. The van der Waals surface area contributed by atoms with Crippen molar-refractivity contribution < 1.29 is 14.3 Å². The van der Waals surface area contributed by atoms with Gasteiger partial charge in [0.15, 0.2) is 5.78 Å². The van der Waals surface area contributed by atoms with Crippen molar-refractivity contribution in [1.82, 2.24) is 0 Å². The van der Waals surface area contributed by atoms with Gasteiger partial charge in [-0.25, -0.2) is 0 Å². The molecule has 1 aliphatic heterocycles. The average molecular weight is 324 g/mol. The summed E-state index contributed by atoms with van der Waals surface area (Å²) in [6.45, 7) is 1.86. The highest BCUT2D eigenvalue weighted by molar-refractivity contribution is 6.03. The molecule has 2 atom stereocenters. The van der Waals surface area contributed by atoms with Gasteiger partial charge in [0, 0.05) is 41.0 Å². The van der Waals surface area contributed by atoms with Gasteiger partial charge in [-0.15, -0.1) is 0 Å². The largest absolute Gasteiger partial charge is 0.497 e. The van der Waals surface area contributed by atoms with Crippen LogP contribution in [0.25, 0.3) is 0 Å². The summed E-state index contributed by atoms with van der Waals surface area (Å²) in [5.74, 6) is 0.592. The number of methoxy groups -OCH3 is 2. The highest BCUT2D eigenvalue weighted by Gasteiger charge is 2.40. The van der Waals surface area contributed by atoms with E-state index in [1.807, 2.05) is 19.1 Å². The van der Waals surface area contributed by atoms with Crippen molar-refractivity contribution in [3.63, 3.8) is 0 Å². The third-order valence-corrected chi connectivity index (χ3v) is 4.75. The zero-order chi connectivity index (χ0) is 17.3. The Balaban J connectivity index is 2.20. The fraction of sp³-hybridized carbons (Fsp3) is 0.421. The van der Waals surface area contributed by atoms with Crippen molar-refractivity contribution in [2.24, 2.45) is 10.9 Å². The Morgan fingerprint density at radius 3 is 2.71 bits per heavy atom. The number of carbonyl (C=O) groups excluding carboxylic acids is 1. The van der Waals surface area contributed by atoms with Gasteiger partial charge in [-0.05, 0) is 25.8 Å². The molecule has 1 heterocycles. The predicted molar refractivity (Wildman–Crippen MR) is 90.4 cm³/mol. The molecule has 124 valence electrons. The molecule has 2 unspecified atom stereocenters. The van der Waals surface area contributed by atoms with Crippen LogP contribution in [-0.4, -0.2) is 25.7 Å². The maximum Gasteiger partial charge on any atom is 0.161 e. The molecule has 2 aliphatic rings. The Morgan fingerprint density at radius 2 is 2.04 bits per heavy atom. The summed E-state index contributed by atoms with van der Waals surface area (Å²) in [5.41, 5.74) is 3.11. The standard InChI is InChI=1S/C19H20N2O3/c1-11-14(10-20)18(19-15(21-11)5-4-6-16(19)22)13-8-7-12(23-2)9-17(13)24-3/h7-9,14,18H,4-6H2,1-3H3. The molecular weight excluding hydrogens is 304 g/mol. The van der Waals surface area contributed by atoms with Gasteiger partial charge in [0.2, 0.25) is 0 Å². The summed E-state index contributed by atoms with van der Waals surface area (Å²) >= 11 is 0. The molecule has 0 saturated heterocycles. The van der Waals surface area contributed by atoms with E-state index < -0.39 is 5.92 Å². The van der Waals surface area contributed by atoms with Gasteiger partial charge < -0.3 is 9.47 Å². The van der Waals surface area contributed by atoms with Crippen molar-refractivity contribution in [3.8, 4) is 17.6 Å². The molecule has 24 heavy (non-hydrogen) atoms. The first-order valence-corrected chi connectivity index (χ1v) is 8.03. The molecule has 5 nitrogen and oxygen atoms in total. The lowest BCUT2D eigenvalue weighted by atomic mass is 9.72. The number of aliphatic imine (C=N–C) groups is 1. The van der Waals surface area contributed by atoms with Crippen molar-refractivity contribution in [1.29, 1.82) is 5.26 Å². The third-order valence-electron chi connectivity index (χ3n) is 4.75. The van der Waals surface area contributed by atoms with Gasteiger partial charge in [0.05, 0.1) is 26.2 Å². The van der Waals surface area contributed by atoms with Crippen LogP contribution < -0.4 is 9.47 Å². The van der Waals surface area contributed by atoms with Crippen LogP contribution in [0.2, 0.25) is 0 Å². The smallest absolute Gasteiger partial charge is 0.161 e. The van der Waals surface area contributed by atoms with Crippen LogP contribution >= 0.6 is 0 Å². The molecule has 5 heteroatoms. The van der Waals surface area contributed by atoms with Crippen molar-refractivity contribution in [3.05, 3.63) is 35.0 Å². The number of Topliss-reactive ketones (excluding diaryl/α,β-unsaturated/α-hetero) is 1. The fourth-order valence-corrected chi connectivity index (χ4v) is 3.58. The van der Waals surface area contributed by atoms with Crippen molar-refractivity contribution >= 4 is 11.5 Å². The van der Waals surface area contributed by atoms with Crippen LogP contribution in [0.4, 0.5) is 0 Å². The molecule has 3 rings (SSSR count). The van der Waals surface area contributed by atoms with Gasteiger partial charge in [-0.3, -0.25) is 9.79 Å². The number of hydrogen-bond acceptors (Lipinski definition) is 5. The zero-order valence-corrected chi connectivity index (χ0v) is 14.1. The normalized spacial score (nSPS) is 23.2. The summed E-state index contributed by atoms with van der Waals surface area (Å²) < 4.78 is 10.8. The second kappa shape index (κ2) is 6.48. The number of ether oxygens (including phenoxy) is 2. The highest BCUT2D eigenvalue weighted by atomic mass is 16.5. The Kier molecular flexibility index (Phi) is 4.39. The molecule has 0 bridgehead atoms. The van der Waals surface area contributed by atoms with Crippen LogP contribution in [0.1, 0.15) is 37.7 Å². The zero-order valence-electron chi connectivity index (χ0n) is 14.1. The van der Waals surface area contributed by atoms with Crippen LogP contribution in [0.15, 0.2) is 34.5 Å². The summed E-state index contributed by atoms with van der Waals surface area (Å²) in [4.78, 5) is 17.2. The van der Waals surface area contributed by atoms with Crippen LogP contribution in [0.3, 0.4) is 0 Å². The number of allylic oxidation sites excluding steroid dienone is 2. The van der Waals surface area contributed by atoms with E-state index in [0.717, 1.165) is 29.8 Å². The number of hydrogen-bond donors (Lipinski definition) is 0. The van der Waals surface area contributed by atoms with E-state index in [1.165, 1.54) is 0 Å². The number of nitrogens with zero attached hydrogens (tertiary/aromatic N) is 2. The van der Waals surface area contributed by atoms with Crippen LogP contribution in [0.5, 0.6) is 11.5 Å². The van der Waals surface area contributed by atoms with Crippen LogP contribution in [0, 0.1) is 17.2 Å². The third kappa shape index (κ3) is 2.58. The maximum absolute atomic E-state index is 12.6. The lowest BCUT2D eigenvalue weighted by Crippen LogP contribution is -2.30. The van der Waals surface area contributed by atoms with E-state index in [4.69, 9.17) is 9.47 Å². The molecule has 0 fully saturated rings. The van der Waals surface area contributed by atoms with E-state index in [9.17, 15) is 10.1 Å². The molecule has 1 aliphatic carbocycles. The molecule has 1 aromatic rings. The lowest BCUT2D eigenvalue weighted by Gasteiger charge is -2.33. The van der Waals surface area contributed by atoms with E-state index in [-0.39, 0.29) is 11.7 Å². The minimum absolute atomic E-state index is 0.0932. The Hall–Kier alpha value is -2.61. The SMILES string of the molecule is COc1ccc(C2C3=C(CCCC3=O)N=C(C)C2C#N)c(OC)c1. The minimum atomic E-state index is -0.465. The average Bonchev–Trinajstić information content (AvgIpc) is 2.60. The molecular formula is C19H20N2O3. The first-order valence-electron chi connectivity index (χ1n) is 8.03. The van der Waals surface area contributed by atoms with E-state index in [2.05, 4.69) is 11.1 Å². The van der Waals surface area contributed by atoms with Crippen molar-refractivity contribution in [2.45, 2.75) is 32.1 Å². The molecule has 0 amide bonds. The molecule has 0 spiro atoms. The number of nitriles is 1. The van der Waals surface area contributed by atoms with E-state index in [1.54, 1.807) is 20.3 Å². The fourth-order valence-electron chi connectivity index (χ4n) is 3.58. The Morgan fingerprint density at radius 1 is 1.25 bits per heavy atom. The topological polar surface area (TPSA) is 71.7 Å². The monoisotopic (exact) mass is 324 g/mol. The highest BCUT2D eigenvalue weighted by Crippen LogP contribution is 2.46. The first kappa shape index (κ1) is 16.3. The van der Waals surface area contributed by atoms with Gasteiger partial charge >= 0.3 is 0 Å². The number of benzene rings is 1. The second-order valence-electron chi connectivity index (χ2n) is 6.08. The molecule has 1 aromatic carbocycles. The number of carbonyl (C=O) groups is 1. The summed E-state index contributed by atoms with van der Waals surface area (Å²) in [6.07, 6.45) is 2.12. The van der Waals surface area contributed by atoms with Gasteiger partial charge in [0.1, 0.15) is 11.5 Å². The Bertz CT molecular complexity index is 786. The number of rotatable bonds is 3. The summed E-state index contributed by atoms with van der Waals surface area (Å²) in [6, 6.07) is 7.84. The van der Waals surface area contributed by atoms with E-state index in [0.29, 0.717) is 23.5 Å². The van der Waals surface area contributed by atoms with Gasteiger partial charge in [-0.1, -0.05) is 6.07 Å².